The molecule has 27 heavy (non-hydrogen) atoms. The topological polar surface area (TPSA) is 68.7 Å². The molecule has 0 bridgehead atoms. The highest BCUT2D eigenvalue weighted by Crippen LogP contribution is 2.41. The van der Waals surface area contributed by atoms with Crippen molar-refractivity contribution in [3.63, 3.8) is 0 Å². The number of fused-ring (bicyclic) bond motifs is 1. The Kier molecular flexibility index (Phi) is 4.79. The zero-order valence-electron chi connectivity index (χ0n) is 15.1. The maximum atomic E-state index is 13.4. The first-order chi connectivity index (χ1) is 13.0. The number of sulfonamides is 1. The Bertz CT molecular complexity index is 1050. The summed E-state index contributed by atoms with van der Waals surface area (Å²) < 4.78 is 40.0. The van der Waals surface area contributed by atoms with Crippen LogP contribution in [0.25, 0.3) is 10.2 Å². The lowest BCUT2D eigenvalue weighted by Crippen LogP contribution is -2.31. The summed E-state index contributed by atoms with van der Waals surface area (Å²) in [7, 11) is -0.774. The van der Waals surface area contributed by atoms with E-state index in [1.165, 1.54) is 20.3 Å². The van der Waals surface area contributed by atoms with Crippen LogP contribution >= 0.6 is 11.3 Å². The molecule has 3 aromatic rings. The molecular weight excluding hydrogens is 384 g/mol. The number of hydrogen-bond acceptors (Lipinski definition) is 6. The molecule has 1 fully saturated rings. The average molecular weight is 405 g/mol. The quantitative estimate of drug-likeness (QED) is 0.646. The van der Waals surface area contributed by atoms with Crippen LogP contribution in [0, 0.1) is 0 Å². The summed E-state index contributed by atoms with van der Waals surface area (Å²) in [6.07, 6.45) is 1.55. The van der Waals surface area contributed by atoms with Crippen molar-refractivity contribution in [1.82, 2.24) is 9.29 Å². The lowest BCUT2D eigenvalue weighted by atomic mass is 10.2. The third kappa shape index (κ3) is 3.18. The van der Waals surface area contributed by atoms with Crippen molar-refractivity contribution in [2.45, 2.75) is 23.8 Å². The minimum absolute atomic E-state index is 0.123. The largest absolute Gasteiger partial charge is 0.497 e. The first-order valence-electron chi connectivity index (χ1n) is 8.64. The zero-order chi connectivity index (χ0) is 19.0. The van der Waals surface area contributed by atoms with Crippen molar-refractivity contribution < 1.29 is 17.9 Å². The molecule has 1 aromatic heterocycles. The van der Waals surface area contributed by atoms with Gasteiger partial charge in [0.25, 0.3) is 0 Å². The van der Waals surface area contributed by atoms with E-state index in [0.29, 0.717) is 18.0 Å². The van der Waals surface area contributed by atoms with Crippen LogP contribution in [0.2, 0.25) is 0 Å². The van der Waals surface area contributed by atoms with E-state index in [1.54, 1.807) is 27.8 Å². The number of para-hydroxylation sites is 1. The molecule has 142 valence electrons. The normalized spacial score (nSPS) is 18.1. The van der Waals surface area contributed by atoms with Crippen molar-refractivity contribution >= 4 is 31.6 Å². The van der Waals surface area contributed by atoms with E-state index in [-0.39, 0.29) is 10.9 Å². The van der Waals surface area contributed by atoms with Crippen molar-refractivity contribution in [2.75, 3.05) is 20.8 Å². The van der Waals surface area contributed by atoms with E-state index in [0.717, 1.165) is 28.1 Å². The zero-order valence-corrected chi connectivity index (χ0v) is 16.7. The van der Waals surface area contributed by atoms with Crippen LogP contribution in [0.5, 0.6) is 11.5 Å². The molecule has 0 saturated carbocycles. The number of ether oxygens (including phenoxy) is 2. The molecule has 2 heterocycles. The van der Waals surface area contributed by atoms with Crippen molar-refractivity contribution in [3.05, 3.63) is 47.5 Å². The highest BCUT2D eigenvalue weighted by molar-refractivity contribution is 7.89. The lowest BCUT2D eigenvalue weighted by molar-refractivity contribution is 0.375. The molecular formula is C19H20N2O4S2. The predicted molar refractivity (Wildman–Crippen MR) is 105 cm³/mol. The SMILES string of the molecule is COc1ccc(OC)c(S(=O)(=O)N2CCC[C@H]2c2nc3ccccc3s2)c1. The van der Waals surface area contributed by atoms with E-state index < -0.39 is 10.0 Å². The van der Waals surface area contributed by atoms with Gasteiger partial charge in [-0.1, -0.05) is 12.1 Å². The maximum absolute atomic E-state index is 13.4. The minimum atomic E-state index is -3.75. The fraction of sp³-hybridized carbons (Fsp3) is 0.316. The maximum Gasteiger partial charge on any atom is 0.247 e. The molecule has 2 aromatic carbocycles. The molecule has 4 rings (SSSR count). The van der Waals surface area contributed by atoms with Gasteiger partial charge in [0.15, 0.2) is 0 Å². The first kappa shape index (κ1) is 18.2. The predicted octanol–water partition coefficient (Wildman–Crippen LogP) is 3.84. The fourth-order valence-electron chi connectivity index (χ4n) is 3.42. The number of methoxy groups -OCH3 is 2. The standard InChI is InChI=1S/C19H20N2O4S2/c1-24-13-9-10-16(25-2)18(12-13)27(22,23)21-11-5-7-15(21)19-20-14-6-3-4-8-17(14)26-19/h3-4,6,8-10,12,15H,5,7,11H2,1-2H3/t15-/m0/s1. The fourth-order valence-corrected chi connectivity index (χ4v) is 6.43. The second-order valence-corrected chi connectivity index (χ2v) is 9.23. The Hall–Kier alpha value is -2.16. The number of nitrogens with zero attached hydrogens (tertiary/aromatic N) is 2. The molecule has 0 radical (unpaired) electrons. The summed E-state index contributed by atoms with van der Waals surface area (Å²) in [5.41, 5.74) is 0.903. The van der Waals surface area contributed by atoms with Gasteiger partial charge in [-0.25, -0.2) is 13.4 Å². The van der Waals surface area contributed by atoms with Gasteiger partial charge in [0.05, 0.1) is 30.5 Å². The minimum Gasteiger partial charge on any atom is -0.497 e. The summed E-state index contributed by atoms with van der Waals surface area (Å²) in [5.74, 6) is 0.788. The van der Waals surface area contributed by atoms with Gasteiger partial charge in [-0.2, -0.15) is 4.31 Å². The third-order valence-electron chi connectivity index (χ3n) is 4.76. The van der Waals surface area contributed by atoms with Crippen LogP contribution in [0.3, 0.4) is 0 Å². The van der Waals surface area contributed by atoms with Gasteiger partial charge in [0.1, 0.15) is 21.4 Å². The summed E-state index contributed by atoms with van der Waals surface area (Å²) in [6, 6.07) is 12.4. The number of hydrogen-bond donors (Lipinski definition) is 0. The van der Waals surface area contributed by atoms with Gasteiger partial charge < -0.3 is 9.47 Å². The Balaban J connectivity index is 1.76. The van der Waals surface area contributed by atoms with Crippen LogP contribution in [0.15, 0.2) is 47.4 Å². The molecule has 0 unspecified atom stereocenters. The molecule has 1 saturated heterocycles. The monoisotopic (exact) mass is 404 g/mol. The van der Waals surface area contributed by atoms with Crippen molar-refractivity contribution in [1.29, 1.82) is 0 Å². The number of benzene rings is 2. The van der Waals surface area contributed by atoms with Gasteiger partial charge in [-0.3, -0.25) is 0 Å². The number of rotatable bonds is 5. The van der Waals surface area contributed by atoms with E-state index in [9.17, 15) is 8.42 Å². The second-order valence-electron chi connectivity index (χ2n) is 6.31. The number of aromatic nitrogens is 1. The molecule has 0 spiro atoms. The molecule has 8 heteroatoms. The molecule has 0 amide bonds. The third-order valence-corrected chi connectivity index (χ3v) is 7.82. The molecule has 1 aliphatic rings. The van der Waals surface area contributed by atoms with Crippen LogP contribution in [-0.4, -0.2) is 38.5 Å². The highest BCUT2D eigenvalue weighted by Gasteiger charge is 2.39. The molecule has 0 aliphatic carbocycles. The van der Waals surface area contributed by atoms with Gasteiger partial charge >= 0.3 is 0 Å². The van der Waals surface area contributed by atoms with Gasteiger partial charge in [-0.15, -0.1) is 11.3 Å². The van der Waals surface area contributed by atoms with Crippen molar-refractivity contribution in [2.24, 2.45) is 0 Å². The average Bonchev–Trinajstić information content (AvgIpc) is 3.34. The van der Waals surface area contributed by atoms with Crippen molar-refractivity contribution in [3.8, 4) is 11.5 Å². The van der Waals surface area contributed by atoms with E-state index in [2.05, 4.69) is 4.98 Å². The van der Waals surface area contributed by atoms with Crippen LogP contribution in [0.4, 0.5) is 0 Å². The summed E-state index contributed by atoms with van der Waals surface area (Å²) in [6.45, 7) is 0.462. The summed E-state index contributed by atoms with van der Waals surface area (Å²) in [4.78, 5) is 4.81. The molecule has 0 N–H and O–H groups in total. The second kappa shape index (κ2) is 7.10. The van der Waals surface area contributed by atoms with Gasteiger partial charge in [0.2, 0.25) is 10.0 Å². The van der Waals surface area contributed by atoms with E-state index in [1.807, 2.05) is 24.3 Å². The van der Waals surface area contributed by atoms with Gasteiger partial charge in [-0.05, 0) is 37.1 Å². The Morgan fingerprint density at radius 3 is 2.70 bits per heavy atom. The Labute approximate surface area is 162 Å². The highest BCUT2D eigenvalue weighted by atomic mass is 32.2. The summed E-state index contributed by atoms with van der Waals surface area (Å²) in [5, 5.41) is 0.833. The first-order valence-corrected chi connectivity index (χ1v) is 10.9. The molecule has 1 aliphatic heterocycles. The van der Waals surface area contributed by atoms with E-state index in [4.69, 9.17) is 9.47 Å². The van der Waals surface area contributed by atoms with E-state index >= 15 is 0 Å². The lowest BCUT2D eigenvalue weighted by Gasteiger charge is -2.23. The summed E-state index contributed by atoms with van der Waals surface area (Å²) >= 11 is 1.55. The van der Waals surface area contributed by atoms with Crippen LogP contribution in [0.1, 0.15) is 23.9 Å². The molecule has 1 atom stereocenters. The van der Waals surface area contributed by atoms with Crippen LogP contribution in [-0.2, 0) is 10.0 Å². The Morgan fingerprint density at radius 2 is 1.96 bits per heavy atom. The Morgan fingerprint density at radius 1 is 1.15 bits per heavy atom. The van der Waals surface area contributed by atoms with Gasteiger partial charge in [0, 0.05) is 12.6 Å². The molecule has 6 nitrogen and oxygen atoms in total. The van der Waals surface area contributed by atoms with Crippen LogP contribution < -0.4 is 9.47 Å². The smallest absolute Gasteiger partial charge is 0.247 e. The number of thiazole rings is 1.